The summed E-state index contributed by atoms with van der Waals surface area (Å²) in [5.74, 6) is 0.801. The molecule has 5 nitrogen and oxygen atoms in total. The molecule has 0 saturated heterocycles. The van der Waals surface area contributed by atoms with E-state index in [1.165, 1.54) is 0 Å². The topological polar surface area (TPSA) is 58.3 Å². The van der Waals surface area contributed by atoms with Crippen LogP contribution in [0, 0.1) is 0 Å². The van der Waals surface area contributed by atoms with Crippen molar-refractivity contribution in [1.29, 1.82) is 0 Å². The van der Waals surface area contributed by atoms with Gasteiger partial charge in [-0.2, -0.15) is 5.10 Å². The van der Waals surface area contributed by atoms with Crippen molar-refractivity contribution >= 4 is 23.0 Å². The molecule has 118 valence electrons. The van der Waals surface area contributed by atoms with Crippen LogP contribution in [-0.2, 0) is 12.8 Å². The van der Waals surface area contributed by atoms with Gasteiger partial charge in [0, 0.05) is 13.6 Å². The van der Waals surface area contributed by atoms with Crippen LogP contribution in [0.4, 0.5) is 5.82 Å². The van der Waals surface area contributed by atoms with Gasteiger partial charge >= 0.3 is 0 Å². The van der Waals surface area contributed by atoms with E-state index in [2.05, 4.69) is 47.9 Å². The molecule has 0 amide bonds. The van der Waals surface area contributed by atoms with Gasteiger partial charge in [-0.25, -0.2) is 0 Å². The Kier molecular flexibility index (Phi) is 6.98. The SMILES string of the molecule is CCc1nnc(N(C)CCCN(C)C)c(C(N)=S)c1CC. The molecule has 0 saturated carbocycles. The lowest BCUT2D eigenvalue weighted by Crippen LogP contribution is -2.28. The van der Waals surface area contributed by atoms with Crippen LogP contribution in [0.1, 0.15) is 37.1 Å². The van der Waals surface area contributed by atoms with Gasteiger partial charge in [-0.1, -0.05) is 26.1 Å². The number of hydrogen-bond donors (Lipinski definition) is 1. The molecule has 0 aliphatic rings. The van der Waals surface area contributed by atoms with Gasteiger partial charge in [0.25, 0.3) is 0 Å². The summed E-state index contributed by atoms with van der Waals surface area (Å²) < 4.78 is 0. The highest BCUT2D eigenvalue weighted by Gasteiger charge is 2.19. The molecule has 0 radical (unpaired) electrons. The summed E-state index contributed by atoms with van der Waals surface area (Å²) in [6.45, 7) is 6.12. The minimum absolute atomic E-state index is 0.408. The Hall–Kier alpha value is -1.27. The summed E-state index contributed by atoms with van der Waals surface area (Å²) in [6, 6.07) is 0. The number of hydrogen-bond acceptors (Lipinski definition) is 5. The summed E-state index contributed by atoms with van der Waals surface area (Å²) in [6.07, 6.45) is 2.76. The molecular weight excluding hydrogens is 282 g/mol. The molecule has 6 heteroatoms. The fourth-order valence-corrected chi connectivity index (χ4v) is 2.63. The lowest BCUT2D eigenvalue weighted by Gasteiger charge is -2.23. The monoisotopic (exact) mass is 309 g/mol. The van der Waals surface area contributed by atoms with Gasteiger partial charge in [0.1, 0.15) is 4.99 Å². The normalized spacial score (nSPS) is 11.0. The van der Waals surface area contributed by atoms with Crippen molar-refractivity contribution in [2.75, 3.05) is 39.1 Å². The maximum atomic E-state index is 5.96. The molecule has 0 aliphatic heterocycles. The van der Waals surface area contributed by atoms with Crippen molar-refractivity contribution in [2.45, 2.75) is 33.1 Å². The van der Waals surface area contributed by atoms with Gasteiger partial charge in [0.05, 0.1) is 11.3 Å². The lowest BCUT2D eigenvalue weighted by molar-refractivity contribution is 0.401. The summed E-state index contributed by atoms with van der Waals surface area (Å²) >= 11 is 5.26. The molecule has 21 heavy (non-hydrogen) atoms. The average Bonchev–Trinajstić information content (AvgIpc) is 2.44. The molecular formula is C15H27N5S. The Bertz CT molecular complexity index is 487. The molecule has 0 spiro atoms. The fourth-order valence-electron chi connectivity index (χ4n) is 2.42. The van der Waals surface area contributed by atoms with Gasteiger partial charge in [-0.3, -0.25) is 0 Å². The molecule has 0 aliphatic carbocycles. The first-order chi connectivity index (χ1) is 9.92. The van der Waals surface area contributed by atoms with E-state index in [1.54, 1.807) is 0 Å². The molecule has 1 rings (SSSR count). The Morgan fingerprint density at radius 1 is 1.10 bits per heavy atom. The highest BCUT2D eigenvalue weighted by Crippen LogP contribution is 2.23. The summed E-state index contributed by atoms with van der Waals surface area (Å²) in [4.78, 5) is 4.68. The zero-order valence-electron chi connectivity index (χ0n) is 13.8. The van der Waals surface area contributed by atoms with E-state index >= 15 is 0 Å². The lowest BCUT2D eigenvalue weighted by atomic mass is 10.0. The van der Waals surface area contributed by atoms with Crippen LogP contribution in [0.25, 0.3) is 0 Å². The summed E-state index contributed by atoms with van der Waals surface area (Å²) in [7, 11) is 6.17. The van der Waals surface area contributed by atoms with E-state index in [-0.39, 0.29) is 0 Å². The van der Waals surface area contributed by atoms with E-state index < -0.39 is 0 Å². The van der Waals surface area contributed by atoms with E-state index in [9.17, 15) is 0 Å². The van der Waals surface area contributed by atoms with Crippen molar-refractivity contribution in [3.05, 3.63) is 16.8 Å². The van der Waals surface area contributed by atoms with Crippen LogP contribution in [0.15, 0.2) is 0 Å². The molecule has 0 unspecified atom stereocenters. The maximum Gasteiger partial charge on any atom is 0.161 e. The molecule has 1 heterocycles. The van der Waals surface area contributed by atoms with Crippen molar-refractivity contribution < 1.29 is 0 Å². The number of anilines is 1. The van der Waals surface area contributed by atoms with Gasteiger partial charge in [-0.15, -0.1) is 5.10 Å². The van der Waals surface area contributed by atoms with E-state index in [0.717, 1.165) is 55.0 Å². The van der Waals surface area contributed by atoms with Crippen LogP contribution in [0.5, 0.6) is 0 Å². The first kappa shape index (κ1) is 17.8. The molecule has 0 aromatic carbocycles. The van der Waals surface area contributed by atoms with Gasteiger partial charge in [0.15, 0.2) is 5.82 Å². The van der Waals surface area contributed by atoms with E-state index in [1.807, 2.05) is 7.05 Å². The van der Waals surface area contributed by atoms with Crippen LogP contribution in [0.2, 0.25) is 0 Å². The van der Waals surface area contributed by atoms with E-state index in [0.29, 0.717) is 4.99 Å². The van der Waals surface area contributed by atoms with Crippen LogP contribution < -0.4 is 10.6 Å². The minimum Gasteiger partial charge on any atom is -0.389 e. The number of aromatic nitrogens is 2. The second-order valence-electron chi connectivity index (χ2n) is 5.47. The molecule has 0 bridgehead atoms. The third-order valence-corrected chi connectivity index (χ3v) is 3.74. The Labute approximate surface area is 133 Å². The molecule has 0 atom stereocenters. The standard InChI is InChI=1S/C15H27N5S/c1-6-11-12(7-2)17-18-15(13(11)14(16)21)20(5)10-8-9-19(3)4/h6-10H2,1-5H3,(H2,16,21). The number of thiocarbonyl (C=S) groups is 1. The highest BCUT2D eigenvalue weighted by atomic mass is 32.1. The number of aryl methyl sites for hydroxylation is 1. The quantitative estimate of drug-likeness (QED) is 0.737. The molecule has 0 fully saturated rings. The van der Waals surface area contributed by atoms with Crippen molar-refractivity contribution in [1.82, 2.24) is 15.1 Å². The predicted molar refractivity (Wildman–Crippen MR) is 93.1 cm³/mol. The zero-order chi connectivity index (χ0) is 16.0. The number of nitrogens with zero attached hydrogens (tertiary/aromatic N) is 4. The minimum atomic E-state index is 0.408. The summed E-state index contributed by atoms with van der Waals surface area (Å²) in [5, 5.41) is 8.73. The smallest absolute Gasteiger partial charge is 0.161 e. The van der Waals surface area contributed by atoms with Crippen LogP contribution in [-0.4, -0.2) is 54.3 Å². The first-order valence-corrected chi connectivity index (χ1v) is 7.87. The Balaban J connectivity index is 3.08. The molecule has 1 aromatic rings. The third-order valence-electron chi connectivity index (χ3n) is 3.53. The maximum absolute atomic E-state index is 5.96. The predicted octanol–water partition coefficient (Wildman–Crippen LogP) is 1.62. The van der Waals surface area contributed by atoms with Gasteiger partial charge < -0.3 is 15.5 Å². The fraction of sp³-hybridized carbons (Fsp3) is 0.667. The Morgan fingerprint density at radius 2 is 1.76 bits per heavy atom. The highest BCUT2D eigenvalue weighted by molar-refractivity contribution is 7.80. The van der Waals surface area contributed by atoms with Gasteiger partial charge in [-0.05, 0) is 45.5 Å². The summed E-state index contributed by atoms with van der Waals surface area (Å²) in [5.41, 5.74) is 8.98. The van der Waals surface area contributed by atoms with Crippen LogP contribution >= 0.6 is 12.2 Å². The van der Waals surface area contributed by atoms with Crippen LogP contribution in [0.3, 0.4) is 0 Å². The number of rotatable bonds is 8. The average molecular weight is 309 g/mol. The largest absolute Gasteiger partial charge is 0.389 e. The van der Waals surface area contributed by atoms with Crippen molar-refractivity contribution in [3.63, 3.8) is 0 Å². The zero-order valence-corrected chi connectivity index (χ0v) is 14.6. The van der Waals surface area contributed by atoms with E-state index in [4.69, 9.17) is 18.0 Å². The number of nitrogens with two attached hydrogens (primary N) is 1. The second kappa shape index (κ2) is 8.24. The van der Waals surface area contributed by atoms with Gasteiger partial charge in [0.2, 0.25) is 0 Å². The first-order valence-electron chi connectivity index (χ1n) is 7.46. The molecule has 2 N–H and O–H groups in total. The van der Waals surface area contributed by atoms with Crippen molar-refractivity contribution in [2.24, 2.45) is 5.73 Å². The second-order valence-corrected chi connectivity index (χ2v) is 5.91. The Morgan fingerprint density at radius 3 is 2.24 bits per heavy atom. The molecule has 1 aromatic heterocycles. The third kappa shape index (κ3) is 4.61. The van der Waals surface area contributed by atoms with Crippen molar-refractivity contribution in [3.8, 4) is 0 Å².